The van der Waals surface area contributed by atoms with E-state index in [2.05, 4.69) is 4.74 Å². The molecule has 0 aromatic rings. The van der Waals surface area contributed by atoms with Crippen LogP contribution in [0.2, 0.25) is 0 Å². The van der Waals surface area contributed by atoms with Gasteiger partial charge in [-0.2, -0.15) is 17.6 Å². The van der Waals surface area contributed by atoms with Gasteiger partial charge in [0.2, 0.25) is 6.17 Å². The van der Waals surface area contributed by atoms with Gasteiger partial charge in [-0.05, 0) is 20.3 Å². The predicted molar refractivity (Wildman–Crippen MR) is 55.8 cm³/mol. The molecule has 0 aliphatic carbocycles. The lowest BCUT2D eigenvalue weighted by Gasteiger charge is -2.28. The van der Waals surface area contributed by atoms with E-state index in [9.17, 15) is 35.5 Å². The van der Waals surface area contributed by atoms with Crippen molar-refractivity contribution in [1.82, 2.24) is 0 Å². The van der Waals surface area contributed by atoms with E-state index in [0.717, 1.165) is 0 Å². The molecular weight excluding hydrogens is 297 g/mol. The fourth-order valence-electron chi connectivity index (χ4n) is 0.967. The molecular formula is C11H15F7O2. The Hall–Kier alpha value is -1.02. The number of hydrogen-bond donors (Lipinski definition) is 0. The first-order chi connectivity index (χ1) is 8.79. The highest BCUT2D eigenvalue weighted by atomic mass is 19.3. The molecule has 0 saturated heterocycles. The molecule has 120 valence electrons. The summed E-state index contributed by atoms with van der Waals surface area (Å²) in [6, 6.07) is 0. The quantitative estimate of drug-likeness (QED) is 0.527. The van der Waals surface area contributed by atoms with Crippen LogP contribution in [0.1, 0.15) is 27.2 Å². The number of esters is 1. The molecule has 0 rings (SSSR count). The Balaban J connectivity index is 4.81. The van der Waals surface area contributed by atoms with Gasteiger partial charge >= 0.3 is 24.2 Å². The van der Waals surface area contributed by atoms with Crippen molar-refractivity contribution in [3.8, 4) is 0 Å². The van der Waals surface area contributed by atoms with E-state index in [1.54, 1.807) is 6.92 Å². The smallest absolute Gasteiger partial charge is 0.343 e. The minimum absolute atomic E-state index is 0.198. The largest absolute Gasteiger partial charge is 0.459 e. The number of alkyl halides is 7. The second kappa shape index (κ2) is 6.17. The van der Waals surface area contributed by atoms with Crippen molar-refractivity contribution in [3.63, 3.8) is 0 Å². The molecule has 0 fully saturated rings. The van der Waals surface area contributed by atoms with Gasteiger partial charge in [0.15, 0.2) is 6.61 Å². The second-order valence-corrected chi connectivity index (χ2v) is 4.91. The Morgan fingerprint density at radius 3 is 1.90 bits per heavy atom. The van der Waals surface area contributed by atoms with Crippen LogP contribution in [-0.4, -0.2) is 37.0 Å². The van der Waals surface area contributed by atoms with Gasteiger partial charge in [-0.25, -0.2) is 13.2 Å². The van der Waals surface area contributed by atoms with Crippen molar-refractivity contribution < 1.29 is 40.3 Å². The van der Waals surface area contributed by atoms with Crippen molar-refractivity contribution in [2.24, 2.45) is 5.41 Å². The van der Waals surface area contributed by atoms with Crippen molar-refractivity contribution >= 4 is 5.97 Å². The molecule has 0 aliphatic heterocycles. The third kappa shape index (κ3) is 4.24. The first kappa shape index (κ1) is 19.0. The number of carbonyl (C=O) groups excluding carboxylic acids is 1. The lowest BCUT2D eigenvalue weighted by Crippen LogP contribution is -2.51. The normalized spacial score (nSPS) is 15.3. The molecule has 0 heterocycles. The van der Waals surface area contributed by atoms with E-state index in [1.807, 2.05) is 0 Å². The zero-order valence-corrected chi connectivity index (χ0v) is 11.0. The van der Waals surface area contributed by atoms with Gasteiger partial charge in [0.05, 0.1) is 5.41 Å². The minimum atomic E-state index is -5.53. The lowest BCUT2D eigenvalue weighted by atomic mass is 9.91. The summed E-state index contributed by atoms with van der Waals surface area (Å²) in [5.74, 6) is -11.6. The number of hydrogen-bond acceptors (Lipinski definition) is 2. The molecule has 0 aromatic heterocycles. The highest BCUT2D eigenvalue weighted by Gasteiger charge is 2.61. The standard InChI is InChI=1S/C11H15F7O2/c1-4-9(2,3)8(19)20-5-10(15,16)6(12)11(17,18)7(13)14/h6-7H,4-5H2,1-3H3. The lowest BCUT2D eigenvalue weighted by molar-refractivity contribution is -0.243. The summed E-state index contributed by atoms with van der Waals surface area (Å²) in [5, 5.41) is 0. The summed E-state index contributed by atoms with van der Waals surface area (Å²) in [6.07, 6.45) is -8.84. The minimum Gasteiger partial charge on any atom is -0.459 e. The van der Waals surface area contributed by atoms with Gasteiger partial charge < -0.3 is 4.74 Å². The van der Waals surface area contributed by atoms with Crippen molar-refractivity contribution in [2.75, 3.05) is 6.61 Å². The second-order valence-electron chi connectivity index (χ2n) is 4.91. The van der Waals surface area contributed by atoms with E-state index >= 15 is 0 Å². The summed E-state index contributed by atoms with van der Waals surface area (Å²) in [7, 11) is 0. The molecule has 0 bridgehead atoms. The van der Waals surface area contributed by atoms with Crippen LogP contribution in [-0.2, 0) is 9.53 Å². The highest BCUT2D eigenvalue weighted by molar-refractivity contribution is 5.75. The molecule has 9 heteroatoms. The third-order valence-electron chi connectivity index (χ3n) is 2.83. The van der Waals surface area contributed by atoms with Crippen LogP contribution in [0, 0.1) is 5.41 Å². The molecule has 1 atom stereocenters. The van der Waals surface area contributed by atoms with Crippen LogP contribution in [0.25, 0.3) is 0 Å². The molecule has 0 aliphatic rings. The van der Waals surface area contributed by atoms with Crippen LogP contribution >= 0.6 is 0 Å². The maximum Gasteiger partial charge on any atom is 0.343 e. The molecule has 0 amide bonds. The van der Waals surface area contributed by atoms with E-state index in [1.165, 1.54) is 13.8 Å². The molecule has 0 saturated carbocycles. The molecule has 0 spiro atoms. The van der Waals surface area contributed by atoms with Gasteiger partial charge in [0.25, 0.3) is 0 Å². The SMILES string of the molecule is CCC(C)(C)C(=O)OCC(F)(F)C(F)C(F)(F)C(F)F. The van der Waals surface area contributed by atoms with Crippen LogP contribution < -0.4 is 0 Å². The Kier molecular flexibility index (Phi) is 5.86. The average Bonchev–Trinajstić information content (AvgIpc) is 2.34. The first-order valence-electron chi connectivity index (χ1n) is 5.64. The van der Waals surface area contributed by atoms with Gasteiger partial charge in [0.1, 0.15) is 0 Å². The van der Waals surface area contributed by atoms with Gasteiger partial charge in [-0.3, -0.25) is 4.79 Å². The average molecular weight is 312 g/mol. The fraction of sp³-hybridized carbons (Fsp3) is 0.909. The topological polar surface area (TPSA) is 26.3 Å². The van der Waals surface area contributed by atoms with Crippen LogP contribution in [0.5, 0.6) is 0 Å². The zero-order chi connectivity index (χ0) is 16.4. The van der Waals surface area contributed by atoms with Crippen LogP contribution in [0.4, 0.5) is 30.7 Å². The molecule has 20 heavy (non-hydrogen) atoms. The summed E-state index contributed by atoms with van der Waals surface area (Å²) in [5.41, 5.74) is -1.17. The summed E-state index contributed by atoms with van der Waals surface area (Å²) < 4.78 is 91.7. The first-order valence-corrected chi connectivity index (χ1v) is 5.64. The summed E-state index contributed by atoms with van der Waals surface area (Å²) in [6.45, 7) is 2.20. The zero-order valence-electron chi connectivity index (χ0n) is 11.0. The molecule has 1 unspecified atom stereocenters. The Morgan fingerprint density at radius 1 is 1.10 bits per heavy atom. The van der Waals surface area contributed by atoms with Gasteiger partial charge in [-0.1, -0.05) is 6.92 Å². The summed E-state index contributed by atoms with van der Waals surface area (Å²) >= 11 is 0. The molecule has 0 N–H and O–H groups in total. The monoisotopic (exact) mass is 312 g/mol. The number of rotatable bonds is 7. The van der Waals surface area contributed by atoms with Crippen LogP contribution in [0.15, 0.2) is 0 Å². The number of carbonyl (C=O) groups is 1. The summed E-state index contributed by atoms with van der Waals surface area (Å²) in [4.78, 5) is 11.3. The maximum absolute atomic E-state index is 13.1. The Labute approximate surface area is 111 Å². The Morgan fingerprint density at radius 2 is 1.55 bits per heavy atom. The van der Waals surface area contributed by atoms with Crippen molar-refractivity contribution in [1.29, 1.82) is 0 Å². The van der Waals surface area contributed by atoms with E-state index in [4.69, 9.17) is 0 Å². The third-order valence-corrected chi connectivity index (χ3v) is 2.83. The van der Waals surface area contributed by atoms with Crippen LogP contribution in [0.3, 0.4) is 0 Å². The van der Waals surface area contributed by atoms with E-state index in [0.29, 0.717) is 0 Å². The fourth-order valence-corrected chi connectivity index (χ4v) is 0.967. The maximum atomic E-state index is 13.1. The number of ether oxygens (including phenoxy) is 1. The molecule has 0 aromatic carbocycles. The molecule has 0 radical (unpaired) electrons. The number of halogens is 7. The van der Waals surface area contributed by atoms with Crippen molar-refractivity contribution in [2.45, 2.75) is 51.6 Å². The Bertz CT molecular complexity index is 342. The predicted octanol–water partition coefficient (Wildman–Crippen LogP) is 3.84. The van der Waals surface area contributed by atoms with Crippen molar-refractivity contribution in [3.05, 3.63) is 0 Å². The van der Waals surface area contributed by atoms with E-state index in [-0.39, 0.29) is 6.42 Å². The van der Waals surface area contributed by atoms with E-state index < -0.39 is 42.4 Å². The highest BCUT2D eigenvalue weighted by Crippen LogP contribution is 2.38. The molecule has 2 nitrogen and oxygen atoms in total. The van der Waals surface area contributed by atoms with Gasteiger partial charge in [-0.15, -0.1) is 0 Å². The van der Waals surface area contributed by atoms with Gasteiger partial charge in [0, 0.05) is 0 Å².